The number of thiocarbonyl (C=S) groups is 1. The molecule has 86 valence electrons. The van der Waals surface area contributed by atoms with Gasteiger partial charge < -0.3 is 10.8 Å². The van der Waals surface area contributed by atoms with Gasteiger partial charge in [0.2, 0.25) is 0 Å². The summed E-state index contributed by atoms with van der Waals surface area (Å²) < 4.78 is 0. The first-order chi connectivity index (χ1) is 7.50. The third kappa shape index (κ3) is 3.83. The molecule has 0 aromatic heterocycles. The largest absolute Gasteiger partial charge is 0.480 e. The number of carbonyl (C=O) groups is 1. The zero-order chi connectivity index (χ0) is 12.1. The molecule has 16 heavy (non-hydrogen) atoms. The molecule has 0 saturated carbocycles. The summed E-state index contributed by atoms with van der Waals surface area (Å²) in [7, 11) is 0. The van der Waals surface area contributed by atoms with Crippen LogP contribution in [0.15, 0.2) is 24.3 Å². The van der Waals surface area contributed by atoms with Gasteiger partial charge in [0.05, 0.1) is 5.25 Å². The van der Waals surface area contributed by atoms with Crippen LogP contribution < -0.4 is 5.73 Å². The van der Waals surface area contributed by atoms with Crippen molar-refractivity contribution >= 4 is 34.9 Å². The van der Waals surface area contributed by atoms with E-state index in [0.717, 1.165) is 11.1 Å². The van der Waals surface area contributed by atoms with Gasteiger partial charge in [-0.2, -0.15) is 0 Å². The van der Waals surface area contributed by atoms with Crippen molar-refractivity contribution < 1.29 is 9.90 Å². The Morgan fingerprint density at radius 3 is 2.50 bits per heavy atom. The van der Waals surface area contributed by atoms with Gasteiger partial charge >= 0.3 is 5.97 Å². The fourth-order valence-corrected chi connectivity index (χ4v) is 1.97. The molecule has 0 spiro atoms. The molecule has 0 fully saturated rings. The van der Waals surface area contributed by atoms with Gasteiger partial charge in [-0.1, -0.05) is 36.5 Å². The highest BCUT2D eigenvalue weighted by molar-refractivity contribution is 7.99. The van der Waals surface area contributed by atoms with E-state index < -0.39 is 11.2 Å². The second kappa shape index (κ2) is 5.86. The van der Waals surface area contributed by atoms with E-state index in [4.69, 9.17) is 23.1 Å². The van der Waals surface area contributed by atoms with E-state index in [2.05, 4.69) is 0 Å². The van der Waals surface area contributed by atoms with Crippen LogP contribution in [0.1, 0.15) is 18.1 Å². The van der Waals surface area contributed by atoms with Crippen molar-refractivity contribution in [2.75, 3.05) is 0 Å². The molecule has 5 heteroatoms. The molecule has 3 N–H and O–H groups in total. The van der Waals surface area contributed by atoms with Gasteiger partial charge in [0.1, 0.15) is 4.99 Å². The van der Waals surface area contributed by atoms with Crippen LogP contribution in [-0.4, -0.2) is 21.3 Å². The monoisotopic (exact) mass is 255 g/mol. The Bertz CT molecular complexity index is 389. The summed E-state index contributed by atoms with van der Waals surface area (Å²) in [5, 5.41) is 8.33. The Hall–Kier alpha value is -1.07. The van der Waals surface area contributed by atoms with Crippen molar-refractivity contribution in [2.45, 2.75) is 17.9 Å². The van der Waals surface area contributed by atoms with Gasteiger partial charge in [0.25, 0.3) is 0 Å². The number of aliphatic carboxylic acids is 1. The second-order valence-electron chi connectivity index (χ2n) is 3.35. The summed E-state index contributed by atoms with van der Waals surface area (Å²) in [5.74, 6) is -0.116. The SMILES string of the molecule is CC(SCc1ccc(C(N)=S)cc1)C(=O)O. The number of rotatable bonds is 5. The maximum Gasteiger partial charge on any atom is 0.316 e. The minimum Gasteiger partial charge on any atom is -0.480 e. The Morgan fingerprint density at radius 1 is 1.50 bits per heavy atom. The van der Waals surface area contributed by atoms with Crippen LogP contribution in [0.3, 0.4) is 0 Å². The first kappa shape index (κ1) is 13.0. The number of hydrogen-bond donors (Lipinski definition) is 2. The highest BCUT2D eigenvalue weighted by Gasteiger charge is 2.10. The van der Waals surface area contributed by atoms with E-state index in [-0.39, 0.29) is 0 Å². The molecule has 1 rings (SSSR count). The third-order valence-electron chi connectivity index (χ3n) is 2.09. The predicted molar refractivity (Wildman–Crippen MR) is 70.7 cm³/mol. The first-order valence-corrected chi connectivity index (χ1v) is 6.19. The maximum atomic E-state index is 10.6. The van der Waals surface area contributed by atoms with Crippen LogP contribution >= 0.6 is 24.0 Å². The van der Waals surface area contributed by atoms with E-state index in [1.165, 1.54) is 11.8 Å². The van der Waals surface area contributed by atoms with Crippen LogP contribution in [0.2, 0.25) is 0 Å². The number of carboxylic acid groups (broad SMARTS) is 1. The van der Waals surface area contributed by atoms with Gasteiger partial charge in [0.15, 0.2) is 0 Å². The molecule has 0 aliphatic heterocycles. The second-order valence-corrected chi connectivity index (χ2v) is 5.12. The van der Waals surface area contributed by atoms with E-state index in [9.17, 15) is 4.79 Å². The lowest BCUT2D eigenvalue weighted by molar-refractivity contribution is -0.136. The van der Waals surface area contributed by atoms with E-state index in [0.29, 0.717) is 10.7 Å². The summed E-state index contributed by atoms with van der Waals surface area (Å²) in [4.78, 5) is 11.0. The number of thioether (sulfide) groups is 1. The van der Waals surface area contributed by atoms with Crippen molar-refractivity contribution in [1.82, 2.24) is 0 Å². The predicted octanol–water partition coefficient (Wildman–Crippen LogP) is 2.03. The van der Waals surface area contributed by atoms with Gasteiger partial charge in [-0.25, -0.2) is 0 Å². The smallest absolute Gasteiger partial charge is 0.316 e. The molecule has 1 aromatic rings. The summed E-state index contributed by atoms with van der Waals surface area (Å²) in [6.45, 7) is 1.68. The van der Waals surface area contributed by atoms with Crippen molar-refractivity contribution in [1.29, 1.82) is 0 Å². The van der Waals surface area contributed by atoms with Gasteiger partial charge in [-0.05, 0) is 12.5 Å². The summed E-state index contributed by atoms with van der Waals surface area (Å²) >= 11 is 6.23. The minimum atomic E-state index is -0.787. The van der Waals surface area contributed by atoms with Crippen molar-refractivity contribution in [3.05, 3.63) is 35.4 Å². The molecule has 1 atom stereocenters. The third-order valence-corrected chi connectivity index (χ3v) is 3.52. The highest BCUT2D eigenvalue weighted by atomic mass is 32.2. The lowest BCUT2D eigenvalue weighted by Crippen LogP contribution is -2.11. The average Bonchev–Trinajstić information content (AvgIpc) is 2.26. The molecule has 1 aromatic carbocycles. The van der Waals surface area contributed by atoms with E-state index in [1.54, 1.807) is 6.92 Å². The van der Waals surface area contributed by atoms with Gasteiger partial charge in [0, 0.05) is 11.3 Å². The first-order valence-electron chi connectivity index (χ1n) is 4.74. The number of benzene rings is 1. The normalized spacial score (nSPS) is 12.1. The molecule has 3 nitrogen and oxygen atoms in total. The zero-order valence-electron chi connectivity index (χ0n) is 8.84. The van der Waals surface area contributed by atoms with E-state index >= 15 is 0 Å². The quantitative estimate of drug-likeness (QED) is 0.788. The summed E-state index contributed by atoms with van der Waals surface area (Å²) in [6.07, 6.45) is 0. The topological polar surface area (TPSA) is 63.3 Å². The average molecular weight is 255 g/mol. The molecule has 1 unspecified atom stereocenters. The Morgan fingerprint density at radius 2 is 2.06 bits per heavy atom. The standard InChI is InChI=1S/C11H13NO2S2/c1-7(11(13)14)16-6-8-2-4-9(5-3-8)10(12)15/h2-5,7H,6H2,1H3,(H2,12,15)(H,13,14). The molecule has 0 amide bonds. The number of carboxylic acids is 1. The van der Waals surface area contributed by atoms with Crippen LogP contribution in [0.5, 0.6) is 0 Å². The van der Waals surface area contributed by atoms with Crippen molar-refractivity contribution in [2.24, 2.45) is 5.73 Å². The zero-order valence-corrected chi connectivity index (χ0v) is 10.5. The Labute approximate surface area is 104 Å². The molecule has 0 bridgehead atoms. The molecule has 0 aliphatic rings. The van der Waals surface area contributed by atoms with Gasteiger partial charge in [-0.3, -0.25) is 4.79 Å². The van der Waals surface area contributed by atoms with Crippen LogP contribution in [0.25, 0.3) is 0 Å². The summed E-state index contributed by atoms with van der Waals surface area (Å²) in [6, 6.07) is 7.53. The summed E-state index contributed by atoms with van der Waals surface area (Å²) in [5.41, 5.74) is 7.37. The Kier molecular flexibility index (Phi) is 4.76. The fourth-order valence-electron chi connectivity index (χ4n) is 1.06. The molecule has 0 saturated heterocycles. The van der Waals surface area contributed by atoms with E-state index in [1.807, 2.05) is 24.3 Å². The van der Waals surface area contributed by atoms with Crippen molar-refractivity contribution in [3.63, 3.8) is 0 Å². The fraction of sp³-hybridized carbons (Fsp3) is 0.273. The number of hydrogen-bond acceptors (Lipinski definition) is 3. The highest BCUT2D eigenvalue weighted by Crippen LogP contribution is 2.18. The maximum absolute atomic E-state index is 10.6. The lowest BCUT2D eigenvalue weighted by atomic mass is 10.1. The van der Waals surface area contributed by atoms with Crippen molar-refractivity contribution in [3.8, 4) is 0 Å². The molecular formula is C11H13NO2S2. The lowest BCUT2D eigenvalue weighted by Gasteiger charge is -2.06. The molecule has 0 radical (unpaired) electrons. The van der Waals surface area contributed by atoms with Gasteiger partial charge in [-0.15, -0.1) is 11.8 Å². The molecule has 0 aliphatic carbocycles. The number of nitrogens with two attached hydrogens (primary N) is 1. The minimum absolute atomic E-state index is 0.373. The van der Waals surface area contributed by atoms with Crippen LogP contribution in [-0.2, 0) is 10.5 Å². The molecule has 0 heterocycles. The Balaban J connectivity index is 2.56. The molecular weight excluding hydrogens is 242 g/mol. The van der Waals surface area contributed by atoms with Crippen LogP contribution in [0, 0.1) is 0 Å². The van der Waals surface area contributed by atoms with Crippen LogP contribution in [0.4, 0.5) is 0 Å².